The fourth-order valence-electron chi connectivity index (χ4n) is 3.75. The number of benzene rings is 2. The van der Waals surface area contributed by atoms with Crippen molar-refractivity contribution in [2.45, 2.75) is 13.0 Å². The summed E-state index contributed by atoms with van der Waals surface area (Å²) < 4.78 is 15.3. The molecule has 0 saturated carbocycles. The van der Waals surface area contributed by atoms with Gasteiger partial charge in [0.1, 0.15) is 11.5 Å². The summed E-state index contributed by atoms with van der Waals surface area (Å²) in [5.74, 6) is -0.217. The first kappa shape index (κ1) is 24.1. The number of aliphatic imine (C=N–C) groups is 1. The first-order valence-electron chi connectivity index (χ1n) is 10.6. The molecule has 1 atom stereocenters. The van der Waals surface area contributed by atoms with E-state index in [1.165, 1.54) is 18.1 Å². The van der Waals surface area contributed by atoms with Crippen LogP contribution in [0.4, 0.5) is 5.69 Å². The number of carbonyl (C=O) groups is 3. The van der Waals surface area contributed by atoms with E-state index in [4.69, 9.17) is 14.2 Å². The van der Waals surface area contributed by atoms with Gasteiger partial charge in [0.2, 0.25) is 0 Å². The van der Waals surface area contributed by atoms with Gasteiger partial charge in [-0.3, -0.25) is 14.5 Å². The number of hydrogen-bond donors (Lipinski definition) is 1. The summed E-state index contributed by atoms with van der Waals surface area (Å²) >= 11 is 1.05. The zero-order valence-corrected chi connectivity index (χ0v) is 20.3. The Bertz CT molecular complexity index is 1270. The summed E-state index contributed by atoms with van der Waals surface area (Å²) in [6.45, 7) is 1.67. The molecule has 0 aromatic heterocycles. The van der Waals surface area contributed by atoms with Gasteiger partial charge in [0.15, 0.2) is 5.17 Å². The van der Waals surface area contributed by atoms with Gasteiger partial charge < -0.3 is 19.5 Å². The highest BCUT2D eigenvalue weighted by Crippen LogP contribution is 2.42. The van der Waals surface area contributed by atoms with Crippen molar-refractivity contribution in [3.63, 3.8) is 0 Å². The maximum atomic E-state index is 13.3. The van der Waals surface area contributed by atoms with Crippen molar-refractivity contribution in [1.29, 1.82) is 0 Å². The third kappa shape index (κ3) is 4.78. The summed E-state index contributed by atoms with van der Waals surface area (Å²) in [6, 6.07) is 13.1. The molecule has 2 amide bonds. The summed E-state index contributed by atoms with van der Waals surface area (Å²) in [5.41, 5.74) is 1.88. The van der Waals surface area contributed by atoms with Crippen LogP contribution in [0.25, 0.3) is 0 Å². The Hall–Kier alpha value is -4.05. The number of thioether (sulfide) groups is 1. The molecule has 4 rings (SSSR count). The smallest absolute Gasteiger partial charge is 0.338 e. The first-order chi connectivity index (χ1) is 16.9. The second-order valence-corrected chi connectivity index (χ2v) is 8.57. The van der Waals surface area contributed by atoms with Crippen LogP contribution in [0.1, 0.15) is 18.5 Å². The number of amides is 2. The molecule has 10 heteroatoms. The molecule has 9 nitrogen and oxygen atoms in total. The average Bonchev–Trinajstić information content (AvgIpc) is 2.87. The fourth-order valence-corrected chi connectivity index (χ4v) is 4.72. The molecule has 0 radical (unpaired) electrons. The number of rotatable bonds is 6. The number of fused-ring (bicyclic) bond motifs is 1. The minimum atomic E-state index is -0.775. The topological polar surface area (TPSA) is 107 Å². The van der Waals surface area contributed by atoms with Gasteiger partial charge in [-0.05, 0) is 60.6 Å². The zero-order chi connectivity index (χ0) is 25.1. The van der Waals surface area contributed by atoms with Crippen molar-refractivity contribution in [3.8, 4) is 11.5 Å². The van der Waals surface area contributed by atoms with Crippen LogP contribution in [0.3, 0.4) is 0 Å². The number of allylic oxidation sites excluding steroid dienone is 1. The molecule has 0 bridgehead atoms. The highest BCUT2D eigenvalue weighted by Gasteiger charge is 2.42. The molecule has 1 unspecified atom stereocenters. The van der Waals surface area contributed by atoms with Gasteiger partial charge in [0.25, 0.3) is 11.8 Å². The van der Waals surface area contributed by atoms with E-state index in [1.54, 1.807) is 69.7 Å². The van der Waals surface area contributed by atoms with Crippen LogP contribution in [0.5, 0.6) is 11.5 Å². The van der Waals surface area contributed by atoms with Crippen molar-refractivity contribution in [2.75, 3.05) is 26.6 Å². The molecule has 180 valence electrons. The maximum absolute atomic E-state index is 13.3. The first-order valence-corrected chi connectivity index (χ1v) is 11.4. The lowest BCUT2D eigenvalue weighted by atomic mass is 9.94. The molecule has 0 saturated heterocycles. The van der Waals surface area contributed by atoms with Crippen molar-refractivity contribution in [2.24, 2.45) is 4.99 Å². The van der Waals surface area contributed by atoms with E-state index in [0.29, 0.717) is 33.6 Å². The predicted octanol–water partition coefficient (Wildman–Crippen LogP) is 3.66. The van der Waals surface area contributed by atoms with E-state index < -0.39 is 23.8 Å². The number of esters is 1. The number of ether oxygens (including phenoxy) is 3. The van der Waals surface area contributed by atoms with Crippen LogP contribution >= 0.6 is 11.8 Å². The van der Waals surface area contributed by atoms with Crippen LogP contribution in [0.2, 0.25) is 0 Å². The van der Waals surface area contributed by atoms with E-state index in [0.717, 1.165) is 11.8 Å². The number of nitrogens with zero attached hydrogens (tertiary/aromatic N) is 2. The summed E-state index contributed by atoms with van der Waals surface area (Å²) in [6.07, 6.45) is 1.24. The Kier molecular flexibility index (Phi) is 6.92. The van der Waals surface area contributed by atoms with Gasteiger partial charge in [0, 0.05) is 11.8 Å². The largest absolute Gasteiger partial charge is 0.497 e. The second kappa shape index (κ2) is 10.1. The van der Waals surface area contributed by atoms with Crippen LogP contribution in [0, 0.1) is 0 Å². The van der Waals surface area contributed by atoms with E-state index in [2.05, 4.69) is 10.3 Å². The molecule has 35 heavy (non-hydrogen) atoms. The number of hydrogen-bond acceptors (Lipinski definition) is 8. The number of methoxy groups -OCH3 is 3. The second-order valence-electron chi connectivity index (χ2n) is 7.56. The standard InChI is InChI=1S/C25H23N3O6S/c1-14-21(24(31)34-4)22(15-5-9-17(32-2)10-6-15)28-20(29)13-19(35-25(28)26-14)23(30)27-16-7-11-18(33-3)12-8-16/h5-13,22H,1-4H3,(H,27,30). The maximum Gasteiger partial charge on any atom is 0.338 e. The van der Waals surface area contributed by atoms with E-state index in [1.807, 2.05) is 0 Å². The molecular formula is C25H23N3O6S. The Morgan fingerprint density at radius 3 is 2.14 bits per heavy atom. The third-order valence-corrected chi connectivity index (χ3v) is 6.49. The van der Waals surface area contributed by atoms with E-state index in [-0.39, 0.29) is 10.5 Å². The van der Waals surface area contributed by atoms with Gasteiger partial charge in [0.05, 0.1) is 43.5 Å². The number of nitrogens with one attached hydrogen (secondary N) is 1. The number of anilines is 1. The minimum Gasteiger partial charge on any atom is -0.497 e. The number of carbonyl (C=O) groups excluding carboxylic acids is 3. The molecule has 2 aliphatic rings. The molecule has 2 heterocycles. The normalized spacial score (nSPS) is 17.2. The zero-order valence-electron chi connectivity index (χ0n) is 19.5. The summed E-state index contributed by atoms with van der Waals surface area (Å²) in [4.78, 5) is 45.0. The highest BCUT2D eigenvalue weighted by atomic mass is 32.2. The predicted molar refractivity (Wildman–Crippen MR) is 132 cm³/mol. The lowest BCUT2D eigenvalue weighted by molar-refractivity contribution is -0.137. The molecule has 0 aliphatic carbocycles. The molecular weight excluding hydrogens is 470 g/mol. The quantitative estimate of drug-likeness (QED) is 0.612. The average molecular weight is 494 g/mol. The summed E-state index contributed by atoms with van der Waals surface area (Å²) in [7, 11) is 4.39. The van der Waals surface area contributed by atoms with Gasteiger partial charge in [-0.15, -0.1) is 0 Å². The van der Waals surface area contributed by atoms with Crippen LogP contribution in [0.15, 0.2) is 75.8 Å². The lowest BCUT2D eigenvalue weighted by Gasteiger charge is -2.38. The van der Waals surface area contributed by atoms with Gasteiger partial charge in [-0.25, -0.2) is 9.79 Å². The van der Waals surface area contributed by atoms with E-state index in [9.17, 15) is 14.4 Å². The van der Waals surface area contributed by atoms with Gasteiger partial charge in [-0.1, -0.05) is 12.1 Å². The summed E-state index contributed by atoms with van der Waals surface area (Å²) in [5, 5.41) is 3.07. The molecule has 2 aromatic rings. The van der Waals surface area contributed by atoms with Gasteiger partial charge in [-0.2, -0.15) is 0 Å². The highest BCUT2D eigenvalue weighted by molar-refractivity contribution is 8.18. The Morgan fingerprint density at radius 1 is 0.971 bits per heavy atom. The Morgan fingerprint density at radius 2 is 1.57 bits per heavy atom. The van der Waals surface area contributed by atoms with Crippen molar-refractivity contribution in [3.05, 3.63) is 76.3 Å². The van der Waals surface area contributed by atoms with Crippen LogP contribution < -0.4 is 14.8 Å². The monoisotopic (exact) mass is 493 g/mol. The molecule has 0 spiro atoms. The fraction of sp³-hybridized carbons (Fsp3) is 0.200. The van der Waals surface area contributed by atoms with Crippen molar-refractivity contribution in [1.82, 2.24) is 4.90 Å². The van der Waals surface area contributed by atoms with Crippen molar-refractivity contribution >= 4 is 40.4 Å². The molecule has 1 N–H and O–H groups in total. The van der Waals surface area contributed by atoms with Crippen LogP contribution in [-0.2, 0) is 19.1 Å². The van der Waals surface area contributed by atoms with Crippen molar-refractivity contribution < 1.29 is 28.6 Å². The van der Waals surface area contributed by atoms with Crippen LogP contribution in [-0.4, -0.2) is 49.2 Å². The number of amidine groups is 1. The third-order valence-electron chi connectivity index (χ3n) is 5.49. The molecule has 2 aliphatic heterocycles. The molecule has 2 aromatic carbocycles. The Labute approximate surface area is 206 Å². The Balaban J connectivity index is 1.68. The van der Waals surface area contributed by atoms with Gasteiger partial charge >= 0.3 is 5.97 Å². The van der Waals surface area contributed by atoms with E-state index >= 15 is 0 Å². The lowest BCUT2D eigenvalue weighted by Crippen LogP contribution is -2.45. The SMILES string of the molecule is COC(=O)C1=C(C)N=C2SC(C(=O)Nc3ccc(OC)cc3)=CC(=O)N2C1c1ccc(OC)cc1. The molecule has 0 fully saturated rings. The minimum absolute atomic E-state index is 0.184.